The summed E-state index contributed by atoms with van der Waals surface area (Å²) >= 11 is 0. The van der Waals surface area contributed by atoms with Crippen molar-refractivity contribution >= 4 is 17.4 Å². The molecule has 3 rings (SSSR count). The highest BCUT2D eigenvalue weighted by Gasteiger charge is 2.27. The monoisotopic (exact) mass is 434 g/mol. The number of nitrogens with zero attached hydrogens (tertiary/aromatic N) is 2. The molecule has 0 unspecified atom stereocenters. The average Bonchev–Trinajstić information content (AvgIpc) is 3.15. The van der Waals surface area contributed by atoms with Gasteiger partial charge in [0.25, 0.3) is 0 Å². The van der Waals surface area contributed by atoms with Gasteiger partial charge in [0.15, 0.2) is 5.78 Å². The zero-order valence-electron chi connectivity index (χ0n) is 17.0. The number of halogens is 3. The molecule has 0 aliphatic rings. The zero-order valence-corrected chi connectivity index (χ0v) is 17.0. The second-order valence-corrected chi connectivity index (χ2v) is 7.09. The number of hydrogen-bond acceptors (Lipinski definition) is 3. The van der Waals surface area contributed by atoms with Gasteiger partial charge < -0.3 is 10.1 Å². The lowest BCUT2D eigenvalue weighted by atomic mass is 10.1. The number of ether oxygens (including phenoxy) is 1. The molecule has 2 aromatic heterocycles. The Kier molecular flexibility index (Phi) is 7.06. The first kappa shape index (κ1) is 22.5. The summed E-state index contributed by atoms with van der Waals surface area (Å²) in [4.78, 5) is 24.1. The SMILES string of the molecule is COCCCC(=O)c1ccn2c(-c3cccc(NC(=O)CCC(F)(F)F)c3)cc[n+]2c1. The van der Waals surface area contributed by atoms with E-state index in [1.165, 1.54) is 0 Å². The summed E-state index contributed by atoms with van der Waals surface area (Å²) in [6.45, 7) is 0.527. The molecule has 0 fully saturated rings. The zero-order chi connectivity index (χ0) is 22.4. The predicted octanol–water partition coefficient (Wildman–Crippen LogP) is 4.08. The summed E-state index contributed by atoms with van der Waals surface area (Å²) in [7, 11) is 1.59. The van der Waals surface area contributed by atoms with E-state index in [-0.39, 0.29) is 5.78 Å². The number of Topliss-reactive ketones (excluding diaryl/α,β-unsaturated/α-hetero) is 1. The first-order chi connectivity index (χ1) is 14.8. The van der Waals surface area contributed by atoms with Gasteiger partial charge in [0.2, 0.25) is 18.3 Å². The highest BCUT2D eigenvalue weighted by Crippen LogP contribution is 2.24. The summed E-state index contributed by atoms with van der Waals surface area (Å²) in [5, 5.41) is 2.50. The van der Waals surface area contributed by atoms with Gasteiger partial charge in [0.05, 0.1) is 18.2 Å². The number of carbonyl (C=O) groups excluding carboxylic acids is 2. The van der Waals surface area contributed by atoms with Gasteiger partial charge >= 0.3 is 6.18 Å². The van der Waals surface area contributed by atoms with E-state index in [1.54, 1.807) is 54.5 Å². The van der Waals surface area contributed by atoms with Crippen LogP contribution in [0.1, 0.15) is 36.0 Å². The van der Waals surface area contributed by atoms with Crippen LogP contribution in [0.3, 0.4) is 0 Å². The molecular weight excluding hydrogens is 411 g/mol. The number of nitrogens with one attached hydrogen (secondary N) is 1. The van der Waals surface area contributed by atoms with Crippen LogP contribution in [0.2, 0.25) is 0 Å². The lowest BCUT2D eigenvalue weighted by Gasteiger charge is -2.08. The standard InChI is InChI=1S/C22H22F3N3O3/c1-31-13-3-6-20(29)17-8-12-28-19(9-11-27(28)15-17)16-4-2-5-18(14-16)26-21(30)7-10-22(23,24)25/h2,4-5,8-9,11-12,14-15H,3,6-7,10,13H2,1H3/p+1. The third-order valence-electron chi connectivity index (χ3n) is 4.70. The van der Waals surface area contributed by atoms with Gasteiger partial charge in [-0.3, -0.25) is 9.59 Å². The third kappa shape index (κ3) is 6.14. The smallest absolute Gasteiger partial charge is 0.385 e. The van der Waals surface area contributed by atoms with Crippen LogP contribution in [0.5, 0.6) is 0 Å². The van der Waals surface area contributed by atoms with Gasteiger partial charge in [-0.2, -0.15) is 13.2 Å². The number of methoxy groups -OCH3 is 1. The topological polar surface area (TPSA) is 63.9 Å². The van der Waals surface area contributed by atoms with Crippen molar-refractivity contribution in [2.75, 3.05) is 19.0 Å². The summed E-state index contributed by atoms with van der Waals surface area (Å²) in [6, 6.07) is 10.4. The lowest BCUT2D eigenvalue weighted by Crippen LogP contribution is -2.28. The number of carbonyl (C=O) groups is 2. The van der Waals surface area contributed by atoms with Crippen molar-refractivity contribution in [3.05, 3.63) is 60.6 Å². The van der Waals surface area contributed by atoms with Crippen LogP contribution in [-0.4, -0.2) is 36.1 Å². The molecular formula is C22H23F3N3O3+. The highest BCUT2D eigenvalue weighted by molar-refractivity contribution is 5.95. The molecule has 9 heteroatoms. The normalized spacial score (nSPS) is 11.6. The molecule has 1 amide bonds. The van der Waals surface area contributed by atoms with Crippen LogP contribution in [0.25, 0.3) is 11.3 Å². The van der Waals surface area contributed by atoms with Gasteiger partial charge in [-0.05, 0) is 24.6 Å². The van der Waals surface area contributed by atoms with Crippen LogP contribution in [0, 0.1) is 0 Å². The van der Waals surface area contributed by atoms with E-state index < -0.39 is 24.9 Å². The minimum absolute atomic E-state index is 0.0263. The number of amides is 1. The number of ketones is 1. The summed E-state index contributed by atoms with van der Waals surface area (Å²) in [6.07, 6.45) is 0.201. The summed E-state index contributed by atoms with van der Waals surface area (Å²) in [5.41, 5.74) is 2.56. The van der Waals surface area contributed by atoms with E-state index in [2.05, 4.69) is 5.32 Å². The molecule has 2 heterocycles. The van der Waals surface area contributed by atoms with E-state index in [1.807, 2.05) is 16.6 Å². The minimum Gasteiger partial charge on any atom is -0.385 e. The Bertz CT molecular complexity index is 1080. The summed E-state index contributed by atoms with van der Waals surface area (Å²) < 4.78 is 45.5. The molecule has 0 saturated carbocycles. The number of fused-ring (bicyclic) bond motifs is 1. The molecule has 31 heavy (non-hydrogen) atoms. The van der Waals surface area contributed by atoms with Gasteiger partial charge in [-0.25, -0.2) is 0 Å². The Morgan fingerprint density at radius 1 is 1.16 bits per heavy atom. The fraction of sp³-hybridized carbons (Fsp3) is 0.318. The molecule has 6 nitrogen and oxygen atoms in total. The molecule has 164 valence electrons. The Hall–Kier alpha value is -3.20. The first-order valence-corrected chi connectivity index (χ1v) is 9.79. The number of aromatic nitrogens is 2. The quantitative estimate of drug-likeness (QED) is 0.314. The van der Waals surface area contributed by atoms with Crippen LogP contribution in [0.15, 0.2) is 55.0 Å². The molecule has 1 aromatic carbocycles. The van der Waals surface area contributed by atoms with Crippen molar-refractivity contribution in [2.45, 2.75) is 31.9 Å². The highest BCUT2D eigenvalue weighted by atomic mass is 19.4. The Morgan fingerprint density at radius 2 is 1.97 bits per heavy atom. The van der Waals surface area contributed by atoms with Crippen LogP contribution >= 0.6 is 0 Å². The van der Waals surface area contributed by atoms with Crippen molar-refractivity contribution in [2.24, 2.45) is 0 Å². The fourth-order valence-corrected chi connectivity index (χ4v) is 3.17. The van der Waals surface area contributed by atoms with Gasteiger partial charge in [-0.15, -0.1) is 4.52 Å². The van der Waals surface area contributed by atoms with E-state index >= 15 is 0 Å². The molecule has 0 aliphatic heterocycles. The Balaban J connectivity index is 1.75. The number of anilines is 1. The van der Waals surface area contributed by atoms with Gasteiger partial charge in [-0.1, -0.05) is 16.6 Å². The minimum atomic E-state index is -4.37. The van der Waals surface area contributed by atoms with Crippen molar-refractivity contribution in [1.29, 1.82) is 0 Å². The maximum atomic E-state index is 12.3. The molecule has 0 aliphatic carbocycles. The summed E-state index contributed by atoms with van der Waals surface area (Å²) in [5.74, 6) is -0.668. The number of benzene rings is 1. The molecule has 0 bridgehead atoms. The Morgan fingerprint density at radius 3 is 2.71 bits per heavy atom. The number of rotatable bonds is 9. The maximum absolute atomic E-state index is 12.3. The Labute approximate surface area is 177 Å². The molecule has 0 spiro atoms. The second-order valence-electron chi connectivity index (χ2n) is 7.09. The van der Waals surface area contributed by atoms with Crippen LogP contribution in [0.4, 0.5) is 18.9 Å². The van der Waals surface area contributed by atoms with E-state index in [0.717, 1.165) is 11.3 Å². The van der Waals surface area contributed by atoms with Gasteiger partial charge in [0, 0.05) is 43.9 Å². The van der Waals surface area contributed by atoms with Crippen molar-refractivity contribution in [1.82, 2.24) is 4.52 Å². The lowest BCUT2D eigenvalue weighted by molar-refractivity contribution is -0.616. The largest absolute Gasteiger partial charge is 0.389 e. The number of alkyl halides is 3. The third-order valence-corrected chi connectivity index (χ3v) is 4.70. The van der Waals surface area contributed by atoms with Crippen molar-refractivity contribution < 1.29 is 32.0 Å². The van der Waals surface area contributed by atoms with Crippen LogP contribution < -0.4 is 9.83 Å². The van der Waals surface area contributed by atoms with E-state index in [9.17, 15) is 22.8 Å². The molecule has 0 atom stereocenters. The number of hydrogen-bond donors (Lipinski definition) is 1. The first-order valence-electron chi connectivity index (χ1n) is 9.79. The molecule has 1 N–H and O–H groups in total. The van der Waals surface area contributed by atoms with Gasteiger partial charge in [0.1, 0.15) is 5.69 Å². The van der Waals surface area contributed by atoms with E-state index in [4.69, 9.17) is 4.74 Å². The predicted molar refractivity (Wildman–Crippen MR) is 108 cm³/mol. The fourth-order valence-electron chi connectivity index (χ4n) is 3.17. The van der Waals surface area contributed by atoms with Crippen molar-refractivity contribution in [3.8, 4) is 11.3 Å². The maximum Gasteiger partial charge on any atom is 0.389 e. The molecule has 3 aromatic rings. The second kappa shape index (κ2) is 9.74. The molecule has 0 radical (unpaired) electrons. The average molecular weight is 434 g/mol. The molecule has 0 saturated heterocycles. The van der Waals surface area contributed by atoms with Crippen LogP contribution in [-0.2, 0) is 9.53 Å². The van der Waals surface area contributed by atoms with E-state index in [0.29, 0.717) is 30.7 Å². The van der Waals surface area contributed by atoms with Crippen molar-refractivity contribution in [3.63, 3.8) is 0 Å².